The normalized spacial score (nSPS) is 16.4. The zero-order valence-corrected chi connectivity index (χ0v) is 12.0. The van der Waals surface area contributed by atoms with Gasteiger partial charge in [0.2, 0.25) is 0 Å². The van der Waals surface area contributed by atoms with Crippen molar-refractivity contribution in [1.29, 1.82) is 0 Å². The van der Waals surface area contributed by atoms with Crippen molar-refractivity contribution in [1.82, 2.24) is 29.9 Å². The average Bonchev–Trinajstić information content (AvgIpc) is 3.07. The van der Waals surface area contributed by atoms with Crippen molar-refractivity contribution in [2.75, 3.05) is 37.6 Å². The van der Waals surface area contributed by atoms with Crippen LogP contribution in [-0.2, 0) is 6.54 Å². The first-order valence-electron chi connectivity index (χ1n) is 7.14. The van der Waals surface area contributed by atoms with Crippen molar-refractivity contribution in [3.63, 3.8) is 0 Å². The molecule has 3 heterocycles. The molecule has 0 atom stereocenters. The summed E-state index contributed by atoms with van der Waals surface area (Å²) in [6.45, 7) is 4.84. The molecule has 7 nitrogen and oxygen atoms in total. The van der Waals surface area contributed by atoms with Crippen LogP contribution in [0.15, 0.2) is 24.8 Å². The molecule has 0 unspecified atom stereocenters. The van der Waals surface area contributed by atoms with E-state index in [-0.39, 0.29) is 5.69 Å². The van der Waals surface area contributed by atoms with Gasteiger partial charge in [0.1, 0.15) is 17.8 Å². The third-order valence-electron chi connectivity index (χ3n) is 3.68. The van der Waals surface area contributed by atoms with E-state index in [1.54, 1.807) is 17.2 Å². The van der Waals surface area contributed by atoms with E-state index in [0.717, 1.165) is 39.3 Å². The van der Waals surface area contributed by atoms with Crippen molar-refractivity contribution in [3.8, 4) is 0 Å². The van der Waals surface area contributed by atoms with Crippen LogP contribution in [0.2, 0.25) is 0 Å². The van der Waals surface area contributed by atoms with Crippen molar-refractivity contribution in [3.05, 3.63) is 30.5 Å². The molecule has 0 spiro atoms. The molecule has 118 valence electrons. The summed E-state index contributed by atoms with van der Waals surface area (Å²) in [5, 5.41) is 8.14. The Hall–Kier alpha value is -2.16. The van der Waals surface area contributed by atoms with Crippen LogP contribution in [0, 0.1) is 0 Å². The molecule has 0 aliphatic carbocycles. The maximum atomic E-state index is 12.7. The zero-order valence-electron chi connectivity index (χ0n) is 12.0. The minimum Gasteiger partial charge on any atom is -0.354 e. The smallest absolute Gasteiger partial charge is 0.280 e. The number of rotatable bonds is 5. The molecule has 0 bridgehead atoms. The third-order valence-corrected chi connectivity index (χ3v) is 3.68. The van der Waals surface area contributed by atoms with E-state index in [0.29, 0.717) is 5.82 Å². The first kappa shape index (κ1) is 14.8. The van der Waals surface area contributed by atoms with Gasteiger partial charge in [-0.3, -0.25) is 4.90 Å². The molecule has 1 saturated heterocycles. The second-order valence-electron chi connectivity index (χ2n) is 5.06. The van der Waals surface area contributed by atoms with Crippen molar-refractivity contribution >= 4 is 5.82 Å². The third kappa shape index (κ3) is 3.53. The van der Waals surface area contributed by atoms with Gasteiger partial charge in [-0.05, 0) is 0 Å². The van der Waals surface area contributed by atoms with Crippen molar-refractivity contribution in [2.24, 2.45) is 0 Å². The zero-order chi connectivity index (χ0) is 15.4. The maximum Gasteiger partial charge on any atom is 0.280 e. The topological polar surface area (TPSA) is 63.0 Å². The molecule has 1 fully saturated rings. The van der Waals surface area contributed by atoms with E-state index >= 15 is 0 Å². The minimum atomic E-state index is -2.57. The lowest BCUT2D eigenvalue weighted by Crippen LogP contribution is -2.47. The van der Waals surface area contributed by atoms with Crippen LogP contribution in [0.4, 0.5) is 14.6 Å². The molecule has 9 heteroatoms. The maximum absolute atomic E-state index is 12.7. The number of halogens is 2. The fourth-order valence-electron chi connectivity index (χ4n) is 2.44. The van der Waals surface area contributed by atoms with E-state index in [1.165, 1.54) is 12.4 Å². The van der Waals surface area contributed by atoms with E-state index in [9.17, 15) is 8.78 Å². The number of anilines is 1. The number of alkyl halides is 2. The predicted molar refractivity (Wildman–Crippen MR) is 75.7 cm³/mol. The van der Waals surface area contributed by atoms with E-state index in [2.05, 4.69) is 25.1 Å². The van der Waals surface area contributed by atoms with Gasteiger partial charge in [-0.25, -0.2) is 18.7 Å². The Labute approximate surface area is 126 Å². The van der Waals surface area contributed by atoms with Crippen LogP contribution in [0.5, 0.6) is 0 Å². The Balaban J connectivity index is 1.52. The molecule has 2 aromatic heterocycles. The number of aromatic nitrogens is 5. The van der Waals surface area contributed by atoms with Gasteiger partial charge in [0.15, 0.2) is 0 Å². The molecular weight excluding hydrogens is 292 g/mol. The predicted octanol–water partition coefficient (Wildman–Crippen LogP) is 0.828. The fourth-order valence-corrected chi connectivity index (χ4v) is 2.44. The van der Waals surface area contributed by atoms with Crippen molar-refractivity contribution in [2.45, 2.75) is 13.0 Å². The van der Waals surface area contributed by atoms with Crippen LogP contribution >= 0.6 is 0 Å². The molecule has 1 aliphatic heterocycles. The van der Waals surface area contributed by atoms with Gasteiger partial charge in [0.25, 0.3) is 6.43 Å². The molecule has 22 heavy (non-hydrogen) atoms. The van der Waals surface area contributed by atoms with Gasteiger partial charge in [0, 0.05) is 38.8 Å². The lowest BCUT2D eigenvalue weighted by Gasteiger charge is -2.35. The fraction of sp³-hybridized carbons (Fsp3) is 0.538. The van der Waals surface area contributed by atoms with Crippen LogP contribution in [0.3, 0.4) is 0 Å². The largest absolute Gasteiger partial charge is 0.354 e. The van der Waals surface area contributed by atoms with Gasteiger partial charge in [-0.15, -0.1) is 0 Å². The van der Waals surface area contributed by atoms with Gasteiger partial charge in [0.05, 0.1) is 18.9 Å². The minimum absolute atomic E-state index is 0.225. The quantitative estimate of drug-likeness (QED) is 0.815. The summed E-state index contributed by atoms with van der Waals surface area (Å²) < 4.78 is 25.4. The van der Waals surface area contributed by atoms with Crippen LogP contribution in [0.1, 0.15) is 12.1 Å². The number of piperazine rings is 1. The highest BCUT2D eigenvalue weighted by molar-refractivity contribution is 5.39. The molecular formula is C13H17F2N7. The Morgan fingerprint density at radius 3 is 2.41 bits per heavy atom. The van der Waals surface area contributed by atoms with E-state index in [1.807, 2.05) is 4.90 Å². The monoisotopic (exact) mass is 309 g/mol. The summed E-state index contributed by atoms with van der Waals surface area (Å²) in [6, 6.07) is 1.37. The first-order valence-corrected chi connectivity index (χ1v) is 7.14. The molecule has 0 aromatic carbocycles. The molecule has 0 amide bonds. The van der Waals surface area contributed by atoms with Gasteiger partial charge < -0.3 is 4.90 Å². The van der Waals surface area contributed by atoms with Gasteiger partial charge in [-0.2, -0.15) is 15.0 Å². The molecule has 0 saturated carbocycles. The lowest BCUT2D eigenvalue weighted by atomic mass is 10.3. The molecule has 3 rings (SSSR count). The van der Waals surface area contributed by atoms with Crippen molar-refractivity contribution < 1.29 is 8.78 Å². The molecule has 2 aromatic rings. The Morgan fingerprint density at radius 2 is 1.73 bits per heavy atom. The van der Waals surface area contributed by atoms with Gasteiger partial charge >= 0.3 is 0 Å². The van der Waals surface area contributed by atoms with E-state index in [4.69, 9.17) is 0 Å². The number of hydrogen-bond donors (Lipinski definition) is 0. The first-order chi connectivity index (χ1) is 10.7. The van der Waals surface area contributed by atoms with Crippen LogP contribution in [-0.4, -0.2) is 62.6 Å². The Bertz CT molecular complexity index is 582. The summed E-state index contributed by atoms with van der Waals surface area (Å²) in [7, 11) is 0. The second-order valence-corrected chi connectivity index (χ2v) is 5.06. The highest BCUT2D eigenvalue weighted by Gasteiger charge is 2.19. The highest BCUT2D eigenvalue weighted by atomic mass is 19.3. The summed E-state index contributed by atoms with van der Waals surface area (Å²) >= 11 is 0. The number of hydrogen-bond acceptors (Lipinski definition) is 6. The standard InChI is InChI=1S/C13H17F2N7/c14-13(15)11-9-12(17-10-16-11)21-6-3-20(4-7-21)5-8-22-18-1-2-19-22/h1-2,9-10,13H,3-8H2. The summed E-state index contributed by atoms with van der Waals surface area (Å²) in [4.78, 5) is 13.7. The highest BCUT2D eigenvalue weighted by Crippen LogP contribution is 2.20. The van der Waals surface area contributed by atoms with Crippen LogP contribution < -0.4 is 4.90 Å². The Morgan fingerprint density at radius 1 is 1.00 bits per heavy atom. The molecule has 1 aliphatic rings. The van der Waals surface area contributed by atoms with Gasteiger partial charge in [-0.1, -0.05) is 0 Å². The second kappa shape index (κ2) is 6.73. The van der Waals surface area contributed by atoms with Crippen LogP contribution in [0.25, 0.3) is 0 Å². The average molecular weight is 309 g/mol. The lowest BCUT2D eigenvalue weighted by molar-refractivity contribution is 0.146. The summed E-state index contributed by atoms with van der Waals surface area (Å²) in [5.41, 5.74) is -0.225. The Kier molecular flexibility index (Phi) is 4.52. The van der Waals surface area contributed by atoms with E-state index < -0.39 is 6.43 Å². The SMILES string of the molecule is FC(F)c1cc(N2CCN(CCn3nccn3)CC2)ncn1. The number of nitrogens with zero attached hydrogens (tertiary/aromatic N) is 7. The summed E-state index contributed by atoms with van der Waals surface area (Å²) in [5.74, 6) is 0.568. The molecule has 0 radical (unpaired) electrons. The summed E-state index contributed by atoms with van der Waals surface area (Å²) in [6.07, 6.45) is 1.96. The molecule has 0 N–H and O–H groups in total.